The molecule has 0 atom stereocenters. The quantitative estimate of drug-likeness (QED) is 0.715. The van der Waals surface area contributed by atoms with Crippen molar-refractivity contribution in [3.63, 3.8) is 0 Å². The molecule has 0 unspecified atom stereocenters. The minimum absolute atomic E-state index is 0.747. The van der Waals surface area contributed by atoms with Crippen molar-refractivity contribution in [1.29, 1.82) is 0 Å². The first-order chi connectivity index (χ1) is 7.27. The second-order valence-electron chi connectivity index (χ2n) is 3.08. The summed E-state index contributed by atoms with van der Waals surface area (Å²) in [5.41, 5.74) is 8.61. The number of nitrogens with two attached hydrogens (primary N) is 1. The number of benzene rings is 1. The maximum atomic E-state index is 5.80. The lowest BCUT2D eigenvalue weighted by Gasteiger charge is -1.99. The fourth-order valence-electron chi connectivity index (χ4n) is 1.29. The van der Waals surface area contributed by atoms with E-state index in [1.807, 2.05) is 51.1 Å². The minimum Gasteiger partial charge on any atom is -0.464 e. The molecular weight excluding hydrogens is 186 g/mol. The van der Waals surface area contributed by atoms with Crippen LogP contribution in [0.25, 0.3) is 11.3 Å². The number of aryl methyl sites for hydroxylation is 1. The third-order valence-electron chi connectivity index (χ3n) is 1.96. The molecule has 2 heteroatoms. The number of rotatable bonds is 1. The molecule has 0 aliphatic rings. The zero-order chi connectivity index (χ0) is 11.3. The Kier molecular flexibility index (Phi) is 3.98. The van der Waals surface area contributed by atoms with E-state index in [2.05, 4.69) is 0 Å². The highest BCUT2D eigenvalue weighted by atomic mass is 16.3. The van der Waals surface area contributed by atoms with Crippen LogP contribution in [0.1, 0.15) is 19.4 Å². The van der Waals surface area contributed by atoms with Crippen LogP contribution in [0.15, 0.2) is 41.0 Å². The van der Waals surface area contributed by atoms with Crippen molar-refractivity contribution >= 4 is 5.69 Å². The Morgan fingerprint density at radius 2 is 1.80 bits per heavy atom. The molecule has 0 bridgehead atoms. The first-order valence-corrected chi connectivity index (χ1v) is 5.17. The maximum absolute atomic E-state index is 5.80. The van der Waals surface area contributed by atoms with Gasteiger partial charge in [0.2, 0.25) is 0 Å². The summed E-state index contributed by atoms with van der Waals surface area (Å²) in [4.78, 5) is 0. The van der Waals surface area contributed by atoms with E-state index in [1.165, 1.54) is 0 Å². The number of para-hydroxylation sites is 1. The SMILES string of the molecule is CC.Cc1coc(-c2ccccc2N)c1. The van der Waals surface area contributed by atoms with Crippen molar-refractivity contribution in [1.82, 2.24) is 0 Å². The predicted octanol–water partition coefficient (Wildman–Crippen LogP) is 3.86. The summed E-state index contributed by atoms with van der Waals surface area (Å²) in [5.74, 6) is 0.829. The van der Waals surface area contributed by atoms with E-state index in [1.54, 1.807) is 6.26 Å². The Morgan fingerprint density at radius 1 is 1.13 bits per heavy atom. The van der Waals surface area contributed by atoms with Crippen LogP contribution in [0.3, 0.4) is 0 Å². The molecule has 0 saturated carbocycles. The zero-order valence-electron chi connectivity index (χ0n) is 9.45. The molecule has 15 heavy (non-hydrogen) atoms. The summed E-state index contributed by atoms with van der Waals surface area (Å²) < 4.78 is 5.35. The Bertz CT molecular complexity index is 418. The van der Waals surface area contributed by atoms with E-state index in [-0.39, 0.29) is 0 Å². The van der Waals surface area contributed by atoms with E-state index in [9.17, 15) is 0 Å². The van der Waals surface area contributed by atoms with Gasteiger partial charge in [0.05, 0.1) is 6.26 Å². The zero-order valence-corrected chi connectivity index (χ0v) is 9.45. The molecule has 0 saturated heterocycles. The number of furan rings is 1. The molecule has 0 fully saturated rings. The van der Waals surface area contributed by atoms with Crippen molar-refractivity contribution in [3.05, 3.63) is 42.2 Å². The van der Waals surface area contributed by atoms with Crippen LogP contribution in [0.2, 0.25) is 0 Å². The minimum atomic E-state index is 0.747. The fourth-order valence-corrected chi connectivity index (χ4v) is 1.29. The molecular formula is C13H17NO. The standard InChI is InChI=1S/C11H11NO.C2H6/c1-8-6-11(13-7-8)9-4-2-3-5-10(9)12;1-2/h2-7H,12H2,1H3;1-2H3. The van der Waals surface area contributed by atoms with E-state index in [0.29, 0.717) is 0 Å². The highest BCUT2D eigenvalue weighted by molar-refractivity contribution is 5.72. The summed E-state index contributed by atoms with van der Waals surface area (Å²) in [6.07, 6.45) is 1.72. The van der Waals surface area contributed by atoms with Gasteiger partial charge in [-0.3, -0.25) is 0 Å². The Morgan fingerprint density at radius 3 is 2.33 bits per heavy atom. The van der Waals surface area contributed by atoms with Crippen molar-refractivity contribution in [2.75, 3.05) is 5.73 Å². The van der Waals surface area contributed by atoms with Crippen LogP contribution < -0.4 is 5.73 Å². The van der Waals surface area contributed by atoms with E-state index >= 15 is 0 Å². The van der Waals surface area contributed by atoms with Gasteiger partial charge >= 0.3 is 0 Å². The van der Waals surface area contributed by atoms with Crippen LogP contribution in [0.4, 0.5) is 5.69 Å². The Hall–Kier alpha value is -1.70. The average Bonchev–Trinajstić information content (AvgIpc) is 2.68. The lowest BCUT2D eigenvalue weighted by Crippen LogP contribution is -1.87. The highest BCUT2D eigenvalue weighted by Gasteiger charge is 2.04. The molecule has 2 rings (SSSR count). The van der Waals surface area contributed by atoms with Gasteiger partial charge in [-0.1, -0.05) is 26.0 Å². The first kappa shape index (κ1) is 11.4. The topological polar surface area (TPSA) is 39.2 Å². The van der Waals surface area contributed by atoms with E-state index < -0.39 is 0 Å². The van der Waals surface area contributed by atoms with Gasteiger partial charge in [0.25, 0.3) is 0 Å². The second kappa shape index (κ2) is 5.25. The molecule has 2 aromatic rings. The van der Waals surface area contributed by atoms with Crippen molar-refractivity contribution in [2.45, 2.75) is 20.8 Å². The third-order valence-corrected chi connectivity index (χ3v) is 1.96. The molecule has 1 aromatic carbocycles. The Balaban J connectivity index is 0.000000531. The van der Waals surface area contributed by atoms with Gasteiger partial charge < -0.3 is 10.2 Å². The fraction of sp³-hybridized carbons (Fsp3) is 0.231. The molecule has 2 nitrogen and oxygen atoms in total. The summed E-state index contributed by atoms with van der Waals surface area (Å²) in [7, 11) is 0. The van der Waals surface area contributed by atoms with Gasteiger partial charge in [-0.15, -0.1) is 0 Å². The lowest BCUT2D eigenvalue weighted by molar-refractivity contribution is 0.580. The molecule has 0 aliphatic heterocycles. The number of nitrogen functional groups attached to an aromatic ring is 1. The smallest absolute Gasteiger partial charge is 0.136 e. The van der Waals surface area contributed by atoms with Crippen molar-refractivity contribution < 1.29 is 4.42 Å². The highest BCUT2D eigenvalue weighted by Crippen LogP contribution is 2.26. The van der Waals surface area contributed by atoms with Crippen LogP contribution in [-0.4, -0.2) is 0 Å². The third kappa shape index (κ3) is 2.62. The molecule has 0 amide bonds. The number of hydrogen-bond donors (Lipinski definition) is 1. The van der Waals surface area contributed by atoms with Gasteiger partial charge in [0.1, 0.15) is 5.76 Å². The largest absolute Gasteiger partial charge is 0.464 e. The lowest BCUT2D eigenvalue weighted by atomic mass is 10.1. The predicted molar refractivity (Wildman–Crippen MR) is 64.6 cm³/mol. The van der Waals surface area contributed by atoms with E-state index in [4.69, 9.17) is 10.2 Å². The molecule has 0 spiro atoms. The van der Waals surface area contributed by atoms with Crippen molar-refractivity contribution in [3.8, 4) is 11.3 Å². The molecule has 1 heterocycles. The second-order valence-corrected chi connectivity index (χ2v) is 3.08. The summed E-state index contributed by atoms with van der Waals surface area (Å²) >= 11 is 0. The molecule has 0 radical (unpaired) electrons. The van der Waals surface area contributed by atoms with E-state index in [0.717, 1.165) is 22.6 Å². The monoisotopic (exact) mass is 203 g/mol. The van der Waals surface area contributed by atoms with Gasteiger partial charge in [-0.05, 0) is 30.7 Å². The van der Waals surface area contributed by atoms with Gasteiger partial charge in [0.15, 0.2) is 0 Å². The van der Waals surface area contributed by atoms with Gasteiger partial charge in [-0.25, -0.2) is 0 Å². The molecule has 80 valence electrons. The van der Waals surface area contributed by atoms with Crippen molar-refractivity contribution in [2.24, 2.45) is 0 Å². The van der Waals surface area contributed by atoms with Crippen LogP contribution in [0, 0.1) is 6.92 Å². The van der Waals surface area contributed by atoms with Gasteiger partial charge in [-0.2, -0.15) is 0 Å². The summed E-state index contributed by atoms with van der Waals surface area (Å²) in [5, 5.41) is 0. The van der Waals surface area contributed by atoms with Crippen LogP contribution in [0.5, 0.6) is 0 Å². The van der Waals surface area contributed by atoms with Gasteiger partial charge in [0, 0.05) is 11.3 Å². The average molecular weight is 203 g/mol. The molecule has 1 aromatic heterocycles. The van der Waals surface area contributed by atoms with Crippen LogP contribution >= 0.6 is 0 Å². The Labute approximate surface area is 90.7 Å². The molecule has 2 N–H and O–H groups in total. The normalized spacial score (nSPS) is 9.27. The number of hydrogen-bond acceptors (Lipinski definition) is 2. The molecule has 0 aliphatic carbocycles. The first-order valence-electron chi connectivity index (χ1n) is 5.17. The summed E-state index contributed by atoms with van der Waals surface area (Å²) in [6, 6.07) is 9.66. The van der Waals surface area contributed by atoms with Crippen LogP contribution in [-0.2, 0) is 0 Å². The summed E-state index contributed by atoms with van der Waals surface area (Å²) in [6.45, 7) is 5.99. The maximum Gasteiger partial charge on any atom is 0.136 e. The number of anilines is 1.